The molecule has 1 heterocycles. The van der Waals surface area contributed by atoms with Crippen LogP contribution in [0.25, 0.3) is 0 Å². The third kappa shape index (κ3) is 1.85. The van der Waals surface area contributed by atoms with Gasteiger partial charge in [0.05, 0.1) is 5.69 Å². The Morgan fingerprint density at radius 1 is 1.71 bits per heavy atom. The van der Waals surface area contributed by atoms with E-state index in [9.17, 15) is 4.79 Å². The van der Waals surface area contributed by atoms with Gasteiger partial charge >= 0.3 is 0 Å². The van der Waals surface area contributed by atoms with Crippen molar-refractivity contribution in [2.24, 2.45) is 5.92 Å². The van der Waals surface area contributed by atoms with Gasteiger partial charge < -0.3 is 10.3 Å². The van der Waals surface area contributed by atoms with Crippen LogP contribution in [-0.2, 0) is 6.54 Å². The van der Waals surface area contributed by atoms with E-state index in [-0.39, 0.29) is 5.56 Å². The van der Waals surface area contributed by atoms with Gasteiger partial charge in [-0.2, -0.15) is 0 Å². The molecule has 4 nitrogen and oxygen atoms in total. The molecule has 1 saturated carbocycles. The summed E-state index contributed by atoms with van der Waals surface area (Å²) in [5, 5.41) is 2.99. The molecule has 2 rings (SSSR count). The highest BCUT2D eigenvalue weighted by Gasteiger charge is 2.36. The molecule has 2 unspecified atom stereocenters. The van der Waals surface area contributed by atoms with Crippen LogP contribution in [0.1, 0.15) is 30.8 Å². The van der Waals surface area contributed by atoms with Crippen molar-refractivity contribution in [2.75, 3.05) is 7.05 Å². The molecule has 1 aromatic heterocycles. The Morgan fingerprint density at radius 2 is 2.43 bits per heavy atom. The molecule has 2 N–H and O–H groups in total. The maximum absolute atomic E-state index is 11.3. The van der Waals surface area contributed by atoms with Crippen molar-refractivity contribution in [3.8, 4) is 0 Å². The first-order valence-corrected chi connectivity index (χ1v) is 4.95. The first kappa shape index (κ1) is 9.40. The van der Waals surface area contributed by atoms with Gasteiger partial charge in [0.25, 0.3) is 5.56 Å². The summed E-state index contributed by atoms with van der Waals surface area (Å²) in [6.07, 6.45) is 1.14. The van der Waals surface area contributed by atoms with Crippen LogP contribution in [0.3, 0.4) is 0 Å². The van der Waals surface area contributed by atoms with E-state index >= 15 is 0 Å². The van der Waals surface area contributed by atoms with Crippen LogP contribution in [0, 0.1) is 5.92 Å². The summed E-state index contributed by atoms with van der Waals surface area (Å²) < 4.78 is 0. The van der Waals surface area contributed by atoms with Crippen LogP contribution < -0.4 is 10.9 Å². The Hall–Kier alpha value is -1.16. The van der Waals surface area contributed by atoms with Crippen molar-refractivity contribution in [1.82, 2.24) is 15.3 Å². The van der Waals surface area contributed by atoms with Crippen molar-refractivity contribution in [3.05, 3.63) is 27.9 Å². The molecule has 1 aliphatic rings. The van der Waals surface area contributed by atoms with Crippen molar-refractivity contribution in [1.29, 1.82) is 0 Å². The van der Waals surface area contributed by atoms with E-state index in [0.29, 0.717) is 18.4 Å². The number of aromatic amines is 1. The third-order valence-electron chi connectivity index (χ3n) is 2.63. The predicted molar refractivity (Wildman–Crippen MR) is 54.1 cm³/mol. The minimum Gasteiger partial charge on any atom is -0.314 e. The quantitative estimate of drug-likeness (QED) is 0.739. The molecule has 0 amide bonds. The van der Waals surface area contributed by atoms with Gasteiger partial charge in [-0.1, -0.05) is 6.92 Å². The zero-order valence-electron chi connectivity index (χ0n) is 8.50. The fourth-order valence-corrected chi connectivity index (χ4v) is 1.68. The van der Waals surface area contributed by atoms with Gasteiger partial charge in [0, 0.05) is 18.5 Å². The van der Waals surface area contributed by atoms with Crippen LogP contribution in [0.5, 0.6) is 0 Å². The average molecular weight is 193 g/mol. The van der Waals surface area contributed by atoms with Crippen molar-refractivity contribution in [2.45, 2.75) is 25.8 Å². The minimum atomic E-state index is -0.0423. The number of hydrogen-bond donors (Lipinski definition) is 2. The monoisotopic (exact) mass is 193 g/mol. The van der Waals surface area contributed by atoms with E-state index in [1.807, 2.05) is 7.05 Å². The largest absolute Gasteiger partial charge is 0.314 e. The molecule has 4 heteroatoms. The minimum absolute atomic E-state index is 0.0423. The molecule has 1 aromatic rings. The number of hydrogen-bond acceptors (Lipinski definition) is 3. The lowest BCUT2D eigenvalue weighted by molar-refractivity contribution is 0.751. The molecule has 76 valence electrons. The maximum Gasteiger partial charge on any atom is 0.251 e. The maximum atomic E-state index is 11.3. The Balaban J connectivity index is 2.27. The molecule has 1 fully saturated rings. The standard InChI is InChI=1S/C10H15N3O/c1-6-3-8(6)10-12-7(5-11-2)4-9(14)13-10/h4,6,8,11H,3,5H2,1-2H3,(H,12,13,14). The molecular formula is C10H15N3O. The normalized spacial score (nSPS) is 25.0. The average Bonchev–Trinajstić information content (AvgIpc) is 2.82. The van der Waals surface area contributed by atoms with Crippen LogP contribution in [0.2, 0.25) is 0 Å². The molecule has 2 atom stereocenters. The van der Waals surface area contributed by atoms with Gasteiger partial charge in [0.15, 0.2) is 0 Å². The smallest absolute Gasteiger partial charge is 0.251 e. The highest BCUT2D eigenvalue weighted by atomic mass is 16.1. The third-order valence-corrected chi connectivity index (χ3v) is 2.63. The molecule has 14 heavy (non-hydrogen) atoms. The molecule has 1 aliphatic carbocycles. The van der Waals surface area contributed by atoms with Crippen LogP contribution >= 0.6 is 0 Å². The first-order valence-electron chi connectivity index (χ1n) is 4.95. The highest BCUT2D eigenvalue weighted by Crippen LogP contribution is 2.44. The second-order valence-electron chi connectivity index (χ2n) is 3.97. The van der Waals surface area contributed by atoms with E-state index < -0.39 is 0 Å². The van der Waals surface area contributed by atoms with E-state index in [2.05, 4.69) is 22.2 Å². The molecule has 0 aromatic carbocycles. The molecule has 0 radical (unpaired) electrons. The van der Waals surface area contributed by atoms with Crippen LogP contribution in [0.4, 0.5) is 0 Å². The Kier molecular flexibility index (Phi) is 2.37. The molecular weight excluding hydrogens is 178 g/mol. The first-order chi connectivity index (χ1) is 6.70. The van der Waals surface area contributed by atoms with Crippen molar-refractivity contribution < 1.29 is 0 Å². The topological polar surface area (TPSA) is 57.8 Å². The molecule has 0 bridgehead atoms. The number of rotatable bonds is 3. The van der Waals surface area contributed by atoms with Gasteiger partial charge in [-0.15, -0.1) is 0 Å². The highest BCUT2D eigenvalue weighted by molar-refractivity contribution is 5.12. The van der Waals surface area contributed by atoms with E-state index in [4.69, 9.17) is 0 Å². The fraction of sp³-hybridized carbons (Fsp3) is 0.600. The SMILES string of the molecule is CNCc1cc(=O)[nH]c(C2CC2C)n1. The number of aromatic nitrogens is 2. The number of nitrogens with zero attached hydrogens (tertiary/aromatic N) is 1. The lowest BCUT2D eigenvalue weighted by atomic mass is 10.3. The summed E-state index contributed by atoms with van der Waals surface area (Å²) in [6, 6.07) is 1.55. The zero-order chi connectivity index (χ0) is 10.1. The number of nitrogens with one attached hydrogen (secondary N) is 2. The number of H-pyrrole nitrogens is 1. The Morgan fingerprint density at radius 3 is 3.00 bits per heavy atom. The molecule has 0 aliphatic heterocycles. The molecule has 0 spiro atoms. The van der Waals surface area contributed by atoms with Crippen molar-refractivity contribution in [3.63, 3.8) is 0 Å². The molecule has 0 saturated heterocycles. The van der Waals surface area contributed by atoms with Gasteiger partial charge in [0.2, 0.25) is 0 Å². The van der Waals surface area contributed by atoms with Crippen LogP contribution in [-0.4, -0.2) is 17.0 Å². The van der Waals surface area contributed by atoms with Gasteiger partial charge in [-0.05, 0) is 19.4 Å². The summed E-state index contributed by atoms with van der Waals surface area (Å²) in [5.41, 5.74) is 0.782. The second kappa shape index (κ2) is 3.53. The Labute approximate surface area is 82.8 Å². The lowest BCUT2D eigenvalue weighted by Gasteiger charge is -2.02. The van der Waals surface area contributed by atoms with E-state index in [0.717, 1.165) is 17.9 Å². The summed E-state index contributed by atoms with van der Waals surface area (Å²) >= 11 is 0. The van der Waals surface area contributed by atoms with Gasteiger partial charge in [-0.3, -0.25) is 4.79 Å². The predicted octanol–water partition coefficient (Wildman–Crippen LogP) is 0.613. The lowest BCUT2D eigenvalue weighted by Crippen LogP contribution is -2.16. The van der Waals surface area contributed by atoms with Gasteiger partial charge in [0.1, 0.15) is 5.82 Å². The Bertz CT molecular complexity index is 385. The summed E-state index contributed by atoms with van der Waals surface area (Å²) in [5.74, 6) is 2.00. The summed E-state index contributed by atoms with van der Waals surface area (Å²) in [4.78, 5) is 18.5. The van der Waals surface area contributed by atoms with E-state index in [1.165, 1.54) is 0 Å². The second-order valence-corrected chi connectivity index (χ2v) is 3.97. The fourth-order valence-electron chi connectivity index (χ4n) is 1.68. The van der Waals surface area contributed by atoms with Gasteiger partial charge in [-0.25, -0.2) is 4.98 Å². The zero-order valence-corrected chi connectivity index (χ0v) is 8.50. The summed E-state index contributed by atoms with van der Waals surface area (Å²) in [6.45, 7) is 2.83. The summed E-state index contributed by atoms with van der Waals surface area (Å²) in [7, 11) is 1.85. The van der Waals surface area contributed by atoms with Crippen LogP contribution in [0.15, 0.2) is 10.9 Å². The van der Waals surface area contributed by atoms with Crippen molar-refractivity contribution >= 4 is 0 Å². The van der Waals surface area contributed by atoms with E-state index in [1.54, 1.807) is 6.07 Å².